The Bertz CT molecular complexity index is 328. The lowest BCUT2D eigenvalue weighted by atomic mass is 9.94. The van der Waals surface area contributed by atoms with Crippen molar-refractivity contribution < 1.29 is 0 Å². The first-order chi connectivity index (χ1) is 8.38. The summed E-state index contributed by atoms with van der Waals surface area (Å²) in [5.41, 5.74) is 1.31. The average molecular weight is 230 g/mol. The summed E-state index contributed by atoms with van der Waals surface area (Å²) in [6.07, 6.45) is 9.11. The Hall–Kier alpha value is -1.15. The Morgan fingerprint density at radius 3 is 2.53 bits per heavy atom. The van der Waals surface area contributed by atoms with Gasteiger partial charge in [0.05, 0.1) is 0 Å². The van der Waals surface area contributed by atoms with Crippen LogP contribution in [0.4, 0.5) is 0 Å². The first-order valence-corrected chi connectivity index (χ1v) is 6.69. The van der Waals surface area contributed by atoms with Crippen LogP contribution in [0.5, 0.6) is 0 Å². The highest BCUT2D eigenvalue weighted by atomic mass is 15.0. The minimum atomic E-state index is 0.195. The molecule has 1 aromatic rings. The molecular formula is C15H22N2. The summed E-state index contributed by atoms with van der Waals surface area (Å²) in [6, 6.07) is 11.3. The molecule has 2 heteroatoms. The number of rotatable bonds is 5. The average Bonchev–Trinajstić information content (AvgIpc) is 2.40. The van der Waals surface area contributed by atoms with Gasteiger partial charge in [0.2, 0.25) is 0 Å². The van der Waals surface area contributed by atoms with E-state index >= 15 is 0 Å². The van der Waals surface area contributed by atoms with Crippen molar-refractivity contribution in [3.8, 4) is 0 Å². The fourth-order valence-electron chi connectivity index (χ4n) is 2.61. The van der Waals surface area contributed by atoms with Gasteiger partial charge in [-0.2, -0.15) is 0 Å². The molecule has 1 saturated carbocycles. The molecule has 1 fully saturated rings. The lowest BCUT2D eigenvalue weighted by Gasteiger charge is -2.26. The zero-order valence-corrected chi connectivity index (χ0v) is 10.4. The maximum Gasteiger partial charge on any atom is 0.0460 e. The summed E-state index contributed by atoms with van der Waals surface area (Å²) in [7, 11) is 0. The Kier molecular flexibility index (Phi) is 4.75. The van der Waals surface area contributed by atoms with E-state index in [1.807, 2.05) is 6.07 Å². The van der Waals surface area contributed by atoms with E-state index < -0.39 is 0 Å². The third kappa shape index (κ3) is 3.97. The SMILES string of the molecule is N=CC(Cc1ccccc1)NC1CCCCC1. The topological polar surface area (TPSA) is 35.9 Å². The van der Waals surface area contributed by atoms with Crippen molar-refractivity contribution in [1.29, 1.82) is 5.41 Å². The zero-order valence-electron chi connectivity index (χ0n) is 10.4. The van der Waals surface area contributed by atoms with Gasteiger partial charge in [0.15, 0.2) is 0 Å². The molecule has 0 saturated heterocycles. The van der Waals surface area contributed by atoms with Crippen LogP contribution in [0.25, 0.3) is 0 Å². The van der Waals surface area contributed by atoms with E-state index in [9.17, 15) is 0 Å². The van der Waals surface area contributed by atoms with Gasteiger partial charge < -0.3 is 10.7 Å². The van der Waals surface area contributed by atoms with Crippen molar-refractivity contribution in [3.05, 3.63) is 35.9 Å². The molecule has 2 rings (SSSR count). The van der Waals surface area contributed by atoms with Gasteiger partial charge in [-0.25, -0.2) is 0 Å². The third-order valence-electron chi connectivity index (χ3n) is 3.55. The molecule has 0 heterocycles. The van der Waals surface area contributed by atoms with Crippen LogP contribution in [-0.2, 0) is 6.42 Å². The normalized spacial score (nSPS) is 18.8. The summed E-state index contributed by atoms with van der Waals surface area (Å²) in [6.45, 7) is 0. The fraction of sp³-hybridized carbons (Fsp3) is 0.533. The first kappa shape index (κ1) is 12.3. The van der Waals surface area contributed by atoms with Gasteiger partial charge in [0.25, 0.3) is 0 Å². The van der Waals surface area contributed by atoms with Crippen molar-refractivity contribution in [2.24, 2.45) is 0 Å². The summed E-state index contributed by atoms with van der Waals surface area (Å²) < 4.78 is 0. The van der Waals surface area contributed by atoms with Crippen molar-refractivity contribution in [3.63, 3.8) is 0 Å². The van der Waals surface area contributed by atoms with Crippen LogP contribution in [0, 0.1) is 5.41 Å². The molecule has 0 radical (unpaired) electrons. The van der Waals surface area contributed by atoms with Crippen molar-refractivity contribution >= 4 is 6.21 Å². The Morgan fingerprint density at radius 1 is 1.18 bits per heavy atom. The molecule has 0 aliphatic heterocycles. The van der Waals surface area contributed by atoms with Gasteiger partial charge >= 0.3 is 0 Å². The highest BCUT2D eigenvalue weighted by molar-refractivity contribution is 5.61. The second kappa shape index (κ2) is 6.55. The van der Waals surface area contributed by atoms with Crippen LogP contribution in [0.1, 0.15) is 37.7 Å². The number of nitrogens with one attached hydrogen (secondary N) is 2. The zero-order chi connectivity index (χ0) is 11.9. The standard InChI is InChI=1S/C15H22N2/c16-12-15(11-13-7-3-1-4-8-13)17-14-9-5-2-6-10-14/h1,3-4,7-8,12,14-17H,2,5-6,9-11H2. The van der Waals surface area contributed by atoms with Crippen LogP contribution < -0.4 is 5.32 Å². The van der Waals surface area contributed by atoms with Gasteiger partial charge in [-0.3, -0.25) is 0 Å². The van der Waals surface area contributed by atoms with Crippen molar-refractivity contribution in [2.45, 2.75) is 50.6 Å². The second-order valence-electron chi connectivity index (χ2n) is 4.96. The molecule has 1 aliphatic rings. The monoisotopic (exact) mass is 230 g/mol. The van der Waals surface area contributed by atoms with Crippen LogP contribution in [0.15, 0.2) is 30.3 Å². The highest BCUT2D eigenvalue weighted by Gasteiger charge is 2.16. The molecule has 1 atom stereocenters. The Labute approximate surface area is 104 Å². The van der Waals surface area contributed by atoms with E-state index in [-0.39, 0.29) is 6.04 Å². The highest BCUT2D eigenvalue weighted by Crippen LogP contribution is 2.18. The molecule has 0 aromatic heterocycles. The van der Waals surface area contributed by atoms with E-state index in [0.29, 0.717) is 6.04 Å². The van der Waals surface area contributed by atoms with Gasteiger partial charge in [0.1, 0.15) is 0 Å². The second-order valence-corrected chi connectivity index (χ2v) is 4.96. The fourth-order valence-corrected chi connectivity index (χ4v) is 2.61. The van der Waals surface area contributed by atoms with Gasteiger partial charge in [0, 0.05) is 18.3 Å². The predicted molar refractivity (Wildman–Crippen MR) is 72.7 cm³/mol. The largest absolute Gasteiger partial charge is 0.311 e. The predicted octanol–water partition coefficient (Wildman–Crippen LogP) is 3.17. The molecule has 1 unspecified atom stereocenters. The smallest absolute Gasteiger partial charge is 0.0460 e. The van der Waals surface area contributed by atoms with E-state index in [4.69, 9.17) is 5.41 Å². The molecule has 0 spiro atoms. The quantitative estimate of drug-likeness (QED) is 0.749. The number of hydrogen-bond acceptors (Lipinski definition) is 2. The molecule has 17 heavy (non-hydrogen) atoms. The van der Waals surface area contributed by atoms with Crippen molar-refractivity contribution in [2.75, 3.05) is 0 Å². The summed E-state index contributed by atoms with van der Waals surface area (Å²) in [5, 5.41) is 11.2. The summed E-state index contributed by atoms with van der Waals surface area (Å²) in [5.74, 6) is 0. The maximum atomic E-state index is 7.54. The van der Waals surface area contributed by atoms with Crippen LogP contribution >= 0.6 is 0 Å². The van der Waals surface area contributed by atoms with Gasteiger partial charge in [-0.05, 0) is 24.8 Å². The lowest BCUT2D eigenvalue weighted by molar-refractivity contribution is 0.361. The molecular weight excluding hydrogens is 208 g/mol. The van der Waals surface area contributed by atoms with Crippen LogP contribution in [0.3, 0.4) is 0 Å². The van der Waals surface area contributed by atoms with E-state index in [1.165, 1.54) is 37.7 Å². The van der Waals surface area contributed by atoms with Crippen LogP contribution in [-0.4, -0.2) is 18.3 Å². The molecule has 92 valence electrons. The van der Waals surface area contributed by atoms with E-state index in [2.05, 4.69) is 29.6 Å². The number of hydrogen-bond donors (Lipinski definition) is 2. The Morgan fingerprint density at radius 2 is 1.88 bits per heavy atom. The van der Waals surface area contributed by atoms with E-state index in [1.54, 1.807) is 6.21 Å². The van der Waals surface area contributed by atoms with Crippen LogP contribution in [0.2, 0.25) is 0 Å². The Balaban J connectivity index is 1.86. The molecule has 0 amide bonds. The molecule has 0 bridgehead atoms. The van der Waals surface area contributed by atoms with E-state index in [0.717, 1.165) is 6.42 Å². The maximum absolute atomic E-state index is 7.54. The minimum Gasteiger partial charge on any atom is -0.311 e. The first-order valence-electron chi connectivity index (χ1n) is 6.69. The molecule has 1 aliphatic carbocycles. The van der Waals surface area contributed by atoms with Gasteiger partial charge in [-0.15, -0.1) is 0 Å². The molecule has 2 N–H and O–H groups in total. The molecule has 2 nitrogen and oxygen atoms in total. The summed E-state index contributed by atoms with van der Waals surface area (Å²) in [4.78, 5) is 0. The molecule has 1 aromatic carbocycles. The lowest BCUT2D eigenvalue weighted by Crippen LogP contribution is -2.41. The number of benzene rings is 1. The third-order valence-corrected chi connectivity index (χ3v) is 3.55. The minimum absolute atomic E-state index is 0.195. The van der Waals surface area contributed by atoms with Crippen molar-refractivity contribution in [1.82, 2.24) is 5.32 Å². The van der Waals surface area contributed by atoms with Gasteiger partial charge in [-0.1, -0.05) is 49.6 Å². The summed E-state index contributed by atoms with van der Waals surface area (Å²) >= 11 is 0.